The summed E-state index contributed by atoms with van der Waals surface area (Å²) >= 11 is 0. The number of rotatable bonds is 8. The van der Waals surface area contributed by atoms with Crippen LogP contribution < -0.4 is 10.2 Å². The number of ether oxygens (including phenoxy) is 1. The lowest BCUT2D eigenvalue weighted by Crippen LogP contribution is -2.31. The normalized spacial score (nSPS) is 25.2. The zero-order valence-corrected chi connectivity index (χ0v) is 34.8. The summed E-state index contributed by atoms with van der Waals surface area (Å²) in [6, 6.07) is 21.1. The molecule has 6 atom stereocenters. The van der Waals surface area contributed by atoms with E-state index in [-0.39, 0.29) is 40.8 Å². The molecule has 3 saturated carbocycles. The summed E-state index contributed by atoms with van der Waals surface area (Å²) in [4.78, 5) is 84.5. The highest BCUT2D eigenvalue weighted by Gasteiger charge is 2.56. The first-order valence-electron chi connectivity index (χ1n) is 20.4. The number of non-ortho nitro benzene ring substituents is 2. The van der Waals surface area contributed by atoms with E-state index in [1.54, 1.807) is 12.1 Å². The zero-order valence-electron chi connectivity index (χ0n) is 34.8. The first-order chi connectivity index (χ1) is 29.9. The van der Waals surface area contributed by atoms with Gasteiger partial charge in [0.05, 0.1) is 9.85 Å². The van der Waals surface area contributed by atoms with Gasteiger partial charge in [-0.15, -0.1) is 0 Å². The average molecular weight is 862 g/mol. The molecule has 18 heteroatoms. The third-order valence-corrected chi connectivity index (χ3v) is 12.4. The summed E-state index contributed by atoms with van der Waals surface area (Å²) in [6.07, 6.45) is 4.56. The molecule has 6 unspecified atom stereocenters. The van der Waals surface area contributed by atoms with Crippen LogP contribution in [0.15, 0.2) is 78.9 Å². The van der Waals surface area contributed by atoms with E-state index < -0.39 is 10.7 Å². The van der Waals surface area contributed by atoms with Gasteiger partial charge in [-0.3, -0.25) is 20.2 Å². The van der Waals surface area contributed by atoms with Crippen molar-refractivity contribution in [1.29, 1.82) is 0 Å². The second kappa shape index (κ2) is 25.4. The van der Waals surface area contributed by atoms with Crippen molar-refractivity contribution >= 4 is 41.6 Å². The van der Waals surface area contributed by atoms with Gasteiger partial charge in [0, 0.05) is 56.1 Å². The van der Waals surface area contributed by atoms with Crippen LogP contribution >= 0.6 is 0 Å². The topological polar surface area (TPSA) is 234 Å². The molecule has 3 aromatic rings. The fraction of sp³-hybridized carbons (Fsp3) is 0.500. The molecule has 3 saturated heterocycles. The maximum atomic E-state index is 12.1. The maximum absolute atomic E-state index is 12.1. The van der Waals surface area contributed by atoms with Crippen LogP contribution in [0, 0.1) is 79.3 Å². The first kappa shape index (κ1) is 49.9. The van der Waals surface area contributed by atoms with Crippen molar-refractivity contribution < 1.29 is 52.5 Å². The van der Waals surface area contributed by atoms with Crippen molar-refractivity contribution in [2.45, 2.75) is 46.6 Å². The van der Waals surface area contributed by atoms with E-state index in [4.69, 9.17) is 33.5 Å². The van der Waals surface area contributed by atoms with Crippen molar-refractivity contribution in [2.75, 3.05) is 44.2 Å². The highest BCUT2D eigenvalue weighted by atomic mass is 19.1. The molecule has 0 aromatic heterocycles. The monoisotopic (exact) mass is 861 g/mol. The smallest absolute Gasteiger partial charge is 0.410 e. The molecule has 1 amide bonds. The van der Waals surface area contributed by atoms with Gasteiger partial charge in [-0.05, 0) is 96.2 Å². The van der Waals surface area contributed by atoms with Crippen LogP contribution in [0.25, 0.3) is 0 Å². The standard InChI is InChI=1S/C15H19NO2.C13H16N2O2.C7H13N.C6H4FNO2.3CO2/c1-2-12-13-8-16(9-14(12)13)15(17)18-10-11-6-4-3-5-7-11;1-2-11-12-7-14(8-13(11)12)9-3-5-10(6-4-9)15(16)17;1-2-5-6-3-8-4-7(5)6;7-5-1-3-6(4-2-5)8(9)10;3*2-1-3/h3-7,12-14H,2,8-10H2,1H3;3-6,11-13H,2,7-8H2,1H3;5-8H,2-4H2,1H3;1-4H;;;. The summed E-state index contributed by atoms with van der Waals surface area (Å²) in [5.41, 5.74) is 2.24. The van der Waals surface area contributed by atoms with Crippen molar-refractivity contribution in [3.05, 3.63) is 110 Å². The summed E-state index contributed by atoms with van der Waals surface area (Å²) in [6.45, 7) is 13.9. The van der Waals surface area contributed by atoms with Crippen LogP contribution in [0.5, 0.6) is 0 Å². The van der Waals surface area contributed by atoms with E-state index in [0.717, 1.165) is 115 Å². The minimum absolute atomic E-state index is 0.0959. The van der Waals surface area contributed by atoms with Crippen LogP contribution in [0.2, 0.25) is 0 Å². The number of benzene rings is 3. The number of nitro groups is 2. The number of carbonyl (C=O) groups excluding carboxylic acids is 7. The molecule has 0 bridgehead atoms. The minimum Gasteiger partial charge on any atom is -0.445 e. The lowest BCUT2D eigenvalue weighted by molar-refractivity contribution is -0.385. The molecule has 3 aliphatic heterocycles. The summed E-state index contributed by atoms with van der Waals surface area (Å²) in [7, 11) is 0. The van der Waals surface area contributed by atoms with Crippen LogP contribution in [-0.2, 0) is 40.1 Å². The molecule has 3 aliphatic carbocycles. The summed E-state index contributed by atoms with van der Waals surface area (Å²) < 4.78 is 17.5. The predicted octanol–water partition coefficient (Wildman–Crippen LogP) is 6.44. The predicted molar refractivity (Wildman–Crippen MR) is 217 cm³/mol. The Kier molecular flexibility index (Phi) is 20.4. The van der Waals surface area contributed by atoms with Crippen molar-refractivity contribution in [3.8, 4) is 0 Å². The van der Waals surface area contributed by atoms with E-state index in [0.29, 0.717) is 6.61 Å². The fourth-order valence-electron chi connectivity index (χ4n) is 9.18. The molecule has 6 fully saturated rings. The number of nitrogens with one attached hydrogen (secondary N) is 1. The Morgan fingerprint density at radius 1 is 0.645 bits per heavy atom. The fourth-order valence-corrected chi connectivity index (χ4v) is 9.18. The molecule has 6 aliphatic rings. The number of halogens is 1. The van der Waals surface area contributed by atoms with Gasteiger partial charge in [0.1, 0.15) is 12.4 Å². The zero-order chi connectivity index (χ0) is 45.8. The number of nitrogens with zero attached hydrogens (tertiary/aromatic N) is 4. The number of fused-ring (bicyclic) bond motifs is 3. The molecule has 0 spiro atoms. The lowest BCUT2D eigenvalue weighted by Gasteiger charge is -2.21. The molecule has 0 radical (unpaired) electrons. The largest absolute Gasteiger partial charge is 0.445 e. The summed E-state index contributed by atoms with van der Waals surface area (Å²) in [5, 5.41) is 23.9. The minimum atomic E-state index is -0.570. The van der Waals surface area contributed by atoms with Gasteiger partial charge in [0.15, 0.2) is 0 Å². The number of carbonyl (C=O) groups is 1. The number of likely N-dealkylation sites (tertiary alicyclic amines) is 1. The second-order valence-electron chi connectivity index (χ2n) is 15.5. The Hall–Kier alpha value is -6.44. The Balaban J connectivity index is 0.000000214. The maximum Gasteiger partial charge on any atom is 0.410 e. The highest BCUT2D eigenvalue weighted by Crippen LogP contribution is 2.55. The molecule has 332 valence electrons. The van der Waals surface area contributed by atoms with Gasteiger partial charge in [0.25, 0.3) is 11.4 Å². The Labute approximate surface area is 358 Å². The third-order valence-electron chi connectivity index (χ3n) is 12.4. The Morgan fingerprint density at radius 3 is 1.42 bits per heavy atom. The highest BCUT2D eigenvalue weighted by molar-refractivity contribution is 5.68. The average Bonchev–Trinajstić information content (AvgIpc) is 4.09. The van der Waals surface area contributed by atoms with Crippen LogP contribution in [0.1, 0.15) is 45.6 Å². The molecule has 3 heterocycles. The van der Waals surface area contributed by atoms with Crippen LogP contribution in [-0.4, -0.2) is 78.6 Å². The van der Waals surface area contributed by atoms with E-state index in [1.165, 1.54) is 32.4 Å². The molecule has 1 N–H and O–H groups in total. The number of nitro benzene ring substituents is 2. The van der Waals surface area contributed by atoms with Gasteiger partial charge >= 0.3 is 24.5 Å². The number of anilines is 1. The molecule has 3 aromatic carbocycles. The van der Waals surface area contributed by atoms with E-state index in [2.05, 4.69) is 31.0 Å². The number of piperidine rings is 3. The number of hydrogen-bond donors (Lipinski definition) is 1. The Morgan fingerprint density at radius 2 is 1.03 bits per heavy atom. The van der Waals surface area contributed by atoms with Crippen LogP contribution in [0.3, 0.4) is 0 Å². The third kappa shape index (κ3) is 14.6. The number of hydrogen-bond acceptors (Lipinski definition) is 14. The molecular formula is C44H52FN5O12. The SMILES string of the molecule is CCC1C2CN(C(=O)OCc3ccccc3)CC12.CCC1C2CN(c3ccc([N+](=O)[O-])cc3)CC12.CCC1C2CNCC12.O=C=O.O=C=O.O=C=O.O=[N+]([O-])c1ccc(F)cc1. The lowest BCUT2D eigenvalue weighted by atomic mass is 10.2. The van der Waals surface area contributed by atoms with Gasteiger partial charge in [-0.25, -0.2) is 9.18 Å². The molecule has 17 nitrogen and oxygen atoms in total. The van der Waals surface area contributed by atoms with Crippen molar-refractivity contribution in [1.82, 2.24) is 10.2 Å². The molecule has 62 heavy (non-hydrogen) atoms. The van der Waals surface area contributed by atoms with E-state index >= 15 is 0 Å². The van der Waals surface area contributed by atoms with Gasteiger partial charge in [-0.1, -0.05) is 70.4 Å². The van der Waals surface area contributed by atoms with Crippen molar-refractivity contribution in [2.24, 2.45) is 53.3 Å². The van der Waals surface area contributed by atoms with Gasteiger partial charge in [-0.2, -0.15) is 28.8 Å². The second-order valence-corrected chi connectivity index (χ2v) is 15.5. The van der Waals surface area contributed by atoms with Gasteiger partial charge < -0.3 is 19.9 Å². The van der Waals surface area contributed by atoms with Crippen molar-refractivity contribution in [3.63, 3.8) is 0 Å². The molecular weight excluding hydrogens is 810 g/mol. The first-order valence-corrected chi connectivity index (χ1v) is 20.4. The Bertz CT molecular complexity index is 1920. The van der Waals surface area contributed by atoms with E-state index in [1.807, 2.05) is 47.4 Å². The number of amides is 1. The summed E-state index contributed by atoms with van der Waals surface area (Å²) in [5.74, 6) is 7.85. The van der Waals surface area contributed by atoms with Crippen LogP contribution in [0.4, 0.5) is 26.2 Å². The van der Waals surface area contributed by atoms with Gasteiger partial charge in [0.2, 0.25) is 0 Å². The molecule has 9 rings (SSSR count). The van der Waals surface area contributed by atoms with E-state index in [9.17, 15) is 29.4 Å². The quantitative estimate of drug-likeness (QED) is 0.190.